The molecule has 0 radical (unpaired) electrons. The normalized spacial score (nSPS) is 10.5. The van der Waals surface area contributed by atoms with Crippen molar-refractivity contribution in [1.29, 1.82) is 0 Å². The molecular formula is C22H26N4O. The zero-order valence-electron chi connectivity index (χ0n) is 16.1. The van der Waals surface area contributed by atoms with Gasteiger partial charge in [-0.05, 0) is 61.7 Å². The van der Waals surface area contributed by atoms with Gasteiger partial charge in [0.1, 0.15) is 11.6 Å². The minimum Gasteiger partial charge on any atom is -0.497 e. The number of anilines is 3. The number of ether oxygens (including phenoxy) is 1. The lowest BCUT2D eigenvalue weighted by molar-refractivity contribution is 0.414. The number of aromatic nitrogens is 2. The molecule has 0 saturated carbocycles. The van der Waals surface area contributed by atoms with Crippen LogP contribution in [0, 0.1) is 6.92 Å². The van der Waals surface area contributed by atoms with Gasteiger partial charge in [0.2, 0.25) is 5.95 Å². The lowest BCUT2D eigenvalue weighted by Crippen LogP contribution is -2.19. The molecule has 0 saturated heterocycles. The Labute approximate surface area is 161 Å². The van der Waals surface area contributed by atoms with Crippen LogP contribution in [0.5, 0.6) is 5.75 Å². The van der Waals surface area contributed by atoms with Crippen LogP contribution >= 0.6 is 0 Å². The molecule has 1 aromatic heterocycles. The molecule has 0 amide bonds. The molecule has 0 aliphatic rings. The third kappa shape index (κ3) is 4.97. The van der Waals surface area contributed by atoms with E-state index in [0.29, 0.717) is 5.95 Å². The monoisotopic (exact) mass is 362 g/mol. The highest BCUT2D eigenvalue weighted by atomic mass is 16.5. The summed E-state index contributed by atoms with van der Waals surface area (Å²) >= 11 is 0. The molecule has 5 heteroatoms. The first-order valence-corrected chi connectivity index (χ1v) is 9.23. The maximum absolute atomic E-state index is 5.20. The molecule has 0 spiro atoms. The van der Waals surface area contributed by atoms with Crippen molar-refractivity contribution >= 4 is 17.5 Å². The van der Waals surface area contributed by atoms with Crippen molar-refractivity contribution in [3.8, 4) is 5.75 Å². The molecule has 5 nitrogen and oxygen atoms in total. The van der Waals surface area contributed by atoms with Crippen molar-refractivity contribution in [2.75, 3.05) is 30.4 Å². The minimum atomic E-state index is 0.706. The first-order valence-electron chi connectivity index (χ1n) is 9.23. The van der Waals surface area contributed by atoms with Crippen molar-refractivity contribution in [3.63, 3.8) is 0 Å². The van der Waals surface area contributed by atoms with Gasteiger partial charge in [0.05, 0.1) is 7.11 Å². The van der Waals surface area contributed by atoms with Crippen LogP contribution in [-0.2, 0) is 6.42 Å². The molecule has 27 heavy (non-hydrogen) atoms. The third-order valence-corrected chi connectivity index (χ3v) is 4.39. The van der Waals surface area contributed by atoms with Crippen LogP contribution in [0.2, 0.25) is 0 Å². The number of hydrogen-bond donors (Lipinski definition) is 1. The van der Waals surface area contributed by atoms with Crippen molar-refractivity contribution in [1.82, 2.24) is 9.97 Å². The SMILES string of the molecule is CCN(c1cccc(C)c1)c1nccc(NCCc2ccc(OC)cc2)n1. The number of rotatable bonds is 8. The van der Waals surface area contributed by atoms with E-state index in [9.17, 15) is 0 Å². The molecule has 1 N–H and O–H groups in total. The number of nitrogens with zero attached hydrogens (tertiary/aromatic N) is 3. The second-order valence-corrected chi connectivity index (χ2v) is 6.35. The summed E-state index contributed by atoms with van der Waals surface area (Å²) in [6.07, 6.45) is 2.72. The van der Waals surface area contributed by atoms with Gasteiger partial charge in [0.25, 0.3) is 0 Å². The van der Waals surface area contributed by atoms with Crippen LogP contribution in [0.25, 0.3) is 0 Å². The Morgan fingerprint density at radius 2 is 1.89 bits per heavy atom. The highest BCUT2D eigenvalue weighted by molar-refractivity contribution is 5.59. The van der Waals surface area contributed by atoms with Gasteiger partial charge in [-0.25, -0.2) is 4.98 Å². The highest BCUT2D eigenvalue weighted by Crippen LogP contribution is 2.23. The smallest absolute Gasteiger partial charge is 0.231 e. The average molecular weight is 362 g/mol. The van der Waals surface area contributed by atoms with Crippen molar-refractivity contribution < 1.29 is 4.74 Å². The molecule has 3 aromatic rings. The molecule has 0 bridgehead atoms. The average Bonchev–Trinajstić information content (AvgIpc) is 2.70. The van der Waals surface area contributed by atoms with Crippen LogP contribution in [-0.4, -0.2) is 30.2 Å². The fraction of sp³-hybridized carbons (Fsp3) is 0.273. The maximum Gasteiger partial charge on any atom is 0.231 e. The van der Waals surface area contributed by atoms with Crippen LogP contribution in [0.15, 0.2) is 60.8 Å². The van der Waals surface area contributed by atoms with Crippen molar-refractivity contribution in [2.45, 2.75) is 20.3 Å². The number of hydrogen-bond acceptors (Lipinski definition) is 5. The molecule has 2 aromatic carbocycles. The third-order valence-electron chi connectivity index (χ3n) is 4.39. The molecule has 0 fully saturated rings. The Hall–Kier alpha value is -3.08. The number of aryl methyl sites for hydroxylation is 1. The molecule has 0 unspecified atom stereocenters. The Morgan fingerprint density at radius 1 is 1.07 bits per heavy atom. The summed E-state index contributed by atoms with van der Waals surface area (Å²) in [5, 5.41) is 3.39. The quantitative estimate of drug-likeness (QED) is 0.634. The van der Waals surface area contributed by atoms with Gasteiger partial charge in [-0.3, -0.25) is 0 Å². The van der Waals surface area contributed by atoms with E-state index in [1.807, 2.05) is 18.2 Å². The van der Waals surface area contributed by atoms with Crippen LogP contribution in [0.3, 0.4) is 0 Å². The summed E-state index contributed by atoms with van der Waals surface area (Å²) in [6.45, 7) is 5.81. The Bertz CT molecular complexity index is 864. The molecule has 0 aliphatic carbocycles. The number of methoxy groups -OCH3 is 1. The number of nitrogens with one attached hydrogen (secondary N) is 1. The van der Waals surface area contributed by atoms with E-state index >= 15 is 0 Å². The summed E-state index contributed by atoms with van der Waals surface area (Å²) in [7, 11) is 1.68. The van der Waals surface area contributed by atoms with E-state index in [0.717, 1.165) is 36.8 Å². The molecule has 0 aliphatic heterocycles. The predicted molar refractivity (Wildman–Crippen MR) is 111 cm³/mol. The summed E-state index contributed by atoms with van der Waals surface area (Å²) < 4.78 is 5.20. The topological polar surface area (TPSA) is 50.3 Å². The van der Waals surface area contributed by atoms with Gasteiger partial charge < -0.3 is 15.0 Å². The van der Waals surface area contributed by atoms with Gasteiger partial charge in [-0.2, -0.15) is 4.98 Å². The summed E-state index contributed by atoms with van der Waals surface area (Å²) in [5.41, 5.74) is 3.58. The molecule has 1 heterocycles. The van der Waals surface area contributed by atoms with Gasteiger partial charge >= 0.3 is 0 Å². The Balaban J connectivity index is 1.65. The Kier molecular flexibility index (Phi) is 6.26. The fourth-order valence-corrected chi connectivity index (χ4v) is 2.94. The van der Waals surface area contributed by atoms with Crippen LogP contribution in [0.4, 0.5) is 17.5 Å². The van der Waals surface area contributed by atoms with Crippen LogP contribution < -0.4 is 15.0 Å². The summed E-state index contributed by atoms with van der Waals surface area (Å²) in [5.74, 6) is 2.42. The van der Waals surface area contributed by atoms with E-state index in [4.69, 9.17) is 9.72 Å². The zero-order chi connectivity index (χ0) is 19.1. The summed E-state index contributed by atoms with van der Waals surface area (Å²) in [6, 6.07) is 18.4. The molecule has 0 atom stereocenters. The minimum absolute atomic E-state index is 0.706. The second-order valence-electron chi connectivity index (χ2n) is 6.35. The van der Waals surface area contributed by atoms with E-state index in [2.05, 4.69) is 65.4 Å². The van der Waals surface area contributed by atoms with E-state index in [1.165, 1.54) is 11.1 Å². The van der Waals surface area contributed by atoms with Gasteiger partial charge in [-0.1, -0.05) is 24.3 Å². The van der Waals surface area contributed by atoms with E-state index in [1.54, 1.807) is 13.3 Å². The zero-order valence-corrected chi connectivity index (χ0v) is 16.1. The molecule has 3 rings (SSSR count). The number of benzene rings is 2. The highest BCUT2D eigenvalue weighted by Gasteiger charge is 2.11. The first-order chi connectivity index (χ1) is 13.2. The van der Waals surface area contributed by atoms with E-state index in [-0.39, 0.29) is 0 Å². The maximum atomic E-state index is 5.20. The van der Waals surface area contributed by atoms with Gasteiger partial charge in [-0.15, -0.1) is 0 Å². The van der Waals surface area contributed by atoms with Gasteiger partial charge in [0.15, 0.2) is 0 Å². The lowest BCUT2D eigenvalue weighted by atomic mass is 10.1. The first kappa shape index (κ1) is 18.7. The van der Waals surface area contributed by atoms with Crippen molar-refractivity contribution in [3.05, 3.63) is 71.9 Å². The van der Waals surface area contributed by atoms with Gasteiger partial charge in [0, 0.05) is 25.0 Å². The Morgan fingerprint density at radius 3 is 2.59 bits per heavy atom. The lowest BCUT2D eigenvalue weighted by Gasteiger charge is -2.21. The molecule has 140 valence electrons. The van der Waals surface area contributed by atoms with Crippen molar-refractivity contribution in [2.24, 2.45) is 0 Å². The summed E-state index contributed by atoms with van der Waals surface area (Å²) in [4.78, 5) is 11.3. The second kappa shape index (κ2) is 9.03. The fourth-order valence-electron chi connectivity index (χ4n) is 2.94. The van der Waals surface area contributed by atoms with Crippen LogP contribution in [0.1, 0.15) is 18.1 Å². The predicted octanol–water partition coefficient (Wildman–Crippen LogP) is 4.61. The largest absolute Gasteiger partial charge is 0.497 e. The standard InChI is InChI=1S/C22H26N4O/c1-4-26(19-7-5-6-17(2)16-19)22-24-15-13-21(25-22)23-14-12-18-8-10-20(27-3)11-9-18/h5-11,13,15-16H,4,12,14H2,1-3H3,(H,23,24,25). The molecular weight excluding hydrogens is 336 g/mol. The van der Waals surface area contributed by atoms with E-state index < -0.39 is 0 Å².